The van der Waals surface area contributed by atoms with Crippen LogP contribution in [0.25, 0.3) is 0 Å². The molecule has 0 aliphatic carbocycles. The number of phenols is 1. The van der Waals surface area contributed by atoms with Crippen LogP contribution in [0, 0.1) is 0 Å². The van der Waals surface area contributed by atoms with Gasteiger partial charge in [-0.3, -0.25) is 0 Å². The maximum Gasteiger partial charge on any atom is 0.244 e. The smallest absolute Gasteiger partial charge is 0.244 e. The maximum atomic E-state index is 12.6. The molecule has 21 heavy (non-hydrogen) atoms. The third-order valence-electron chi connectivity index (χ3n) is 3.14. The molecule has 1 aromatic carbocycles. The van der Waals surface area contributed by atoms with E-state index in [0.717, 1.165) is 16.6 Å². The van der Waals surface area contributed by atoms with Crippen LogP contribution in [-0.4, -0.2) is 55.9 Å². The second-order valence-electron chi connectivity index (χ2n) is 4.70. The molecule has 0 radical (unpaired) electrons. The molecule has 2 rings (SSSR count). The van der Waals surface area contributed by atoms with Crippen LogP contribution in [0.1, 0.15) is 0 Å². The van der Waals surface area contributed by atoms with Gasteiger partial charge in [0.25, 0.3) is 0 Å². The summed E-state index contributed by atoms with van der Waals surface area (Å²) in [6.45, 7) is 0.117. The number of phenolic OH excluding ortho intramolecular Hbond substituents is 1. The van der Waals surface area contributed by atoms with E-state index in [9.17, 15) is 21.9 Å². The second kappa shape index (κ2) is 5.67. The van der Waals surface area contributed by atoms with Gasteiger partial charge in [0.2, 0.25) is 10.0 Å². The number of nitrogen functional groups attached to an aromatic ring is 1. The Hall–Kier alpha value is -0.970. The highest BCUT2D eigenvalue weighted by Crippen LogP contribution is 2.30. The van der Waals surface area contributed by atoms with Crippen molar-refractivity contribution in [3.05, 3.63) is 18.2 Å². The summed E-state index contributed by atoms with van der Waals surface area (Å²) in [7, 11) is -7.52. The monoisotopic (exact) mass is 352 g/mol. The number of nitrogens with zero attached hydrogens (tertiary/aromatic N) is 1. The number of benzene rings is 1. The van der Waals surface area contributed by atoms with Crippen molar-refractivity contribution in [2.45, 2.75) is 10.3 Å². The van der Waals surface area contributed by atoms with Gasteiger partial charge in [-0.15, -0.1) is 0 Å². The fraction of sp³-hybridized carbons (Fsp3) is 0.455. The first-order valence-corrected chi connectivity index (χ1v) is 10.6. The number of aromatic hydroxyl groups is 1. The molecule has 1 fully saturated rings. The van der Waals surface area contributed by atoms with Gasteiger partial charge in [0, 0.05) is 24.3 Å². The summed E-state index contributed by atoms with van der Waals surface area (Å²) in [6, 6.07) is 3.52. The lowest BCUT2D eigenvalue weighted by Gasteiger charge is -2.33. The van der Waals surface area contributed by atoms with Gasteiger partial charge in [0.05, 0.1) is 10.6 Å². The van der Waals surface area contributed by atoms with Crippen molar-refractivity contribution >= 4 is 37.3 Å². The largest absolute Gasteiger partial charge is 0.506 e. The number of rotatable bonds is 3. The number of anilines is 1. The molecule has 118 valence electrons. The minimum atomic E-state index is -3.98. The minimum Gasteiger partial charge on any atom is -0.506 e. The van der Waals surface area contributed by atoms with Gasteiger partial charge in [0.15, 0.2) is 9.84 Å². The third-order valence-corrected chi connectivity index (χ3v) is 7.82. The first-order valence-electron chi connectivity index (χ1n) is 6.01. The first-order chi connectivity index (χ1) is 9.64. The minimum absolute atomic E-state index is 0.0710. The third kappa shape index (κ3) is 3.28. The summed E-state index contributed by atoms with van der Waals surface area (Å²) in [4.78, 5) is -0.127. The lowest BCUT2D eigenvalue weighted by molar-refractivity contribution is 0.405. The standard InChI is InChI=1S/C11H16N2O5S3/c1-20(15,16)11-7-19-5-4-13(11)21(17,18)8-2-3-10(14)9(12)6-8/h2-3,6,11,14H,4-5,7,12H2,1H3. The Balaban J connectivity index is 2.48. The van der Waals surface area contributed by atoms with E-state index < -0.39 is 25.2 Å². The van der Waals surface area contributed by atoms with E-state index >= 15 is 0 Å². The van der Waals surface area contributed by atoms with E-state index in [-0.39, 0.29) is 28.6 Å². The molecule has 0 spiro atoms. The lowest BCUT2D eigenvalue weighted by Crippen LogP contribution is -2.49. The van der Waals surface area contributed by atoms with E-state index in [1.165, 1.54) is 23.9 Å². The molecule has 1 atom stereocenters. The van der Waals surface area contributed by atoms with Crippen LogP contribution in [0.4, 0.5) is 5.69 Å². The Labute approximate surface area is 128 Å². The summed E-state index contributed by atoms with van der Waals surface area (Å²) in [5.41, 5.74) is 5.44. The first kappa shape index (κ1) is 16.4. The van der Waals surface area contributed by atoms with Crippen molar-refractivity contribution in [2.75, 3.05) is 30.0 Å². The van der Waals surface area contributed by atoms with Crippen molar-refractivity contribution in [3.63, 3.8) is 0 Å². The predicted octanol–water partition coefficient (Wildman–Crippen LogP) is 0.0826. The van der Waals surface area contributed by atoms with Crippen molar-refractivity contribution in [2.24, 2.45) is 0 Å². The van der Waals surface area contributed by atoms with Crippen LogP contribution in [-0.2, 0) is 19.9 Å². The van der Waals surface area contributed by atoms with Gasteiger partial charge in [0.1, 0.15) is 11.1 Å². The van der Waals surface area contributed by atoms with E-state index in [2.05, 4.69) is 0 Å². The van der Waals surface area contributed by atoms with Gasteiger partial charge in [-0.05, 0) is 18.2 Å². The van der Waals surface area contributed by atoms with Crippen molar-refractivity contribution in [1.82, 2.24) is 4.31 Å². The number of thioether (sulfide) groups is 1. The summed E-state index contributed by atoms with van der Waals surface area (Å²) >= 11 is 1.40. The van der Waals surface area contributed by atoms with Gasteiger partial charge < -0.3 is 10.8 Å². The number of sulfone groups is 1. The van der Waals surface area contributed by atoms with Crippen LogP contribution in [0.15, 0.2) is 23.1 Å². The van der Waals surface area contributed by atoms with Crippen LogP contribution >= 0.6 is 11.8 Å². The molecule has 1 aliphatic heterocycles. The summed E-state index contributed by atoms with van der Waals surface area (Å²) in [5.74, 6) is 0.507. The van der Waals surface area contributed by atoms with E-state index in [1.807, 2.05) is 0 Å². The summed E-state index contributed by atoms with van der Waals surface area (Å²) in [6.07, 6.45) is 1.03. The quantitative estimate of drug-likeness (QED) is 0.584. The molecule has 3 N–H and O–H groups in total. The van der Waals surface area contributed by atoms with Gasteiger partial charge in [-0.1, -0.05) is 0 Å². The number of nitrogens with two attached hydrogens (primary N) is 1. The zero-order valence-electron chi connectivity index (χ0n) is 11.3. The SMILES string of the molecule is CS(=O)(=O)C1CSCCN1S(=O)(=O)c1ccc(O)c(N)c1. The molecule has 1 heterocycles. The van der Waals surface area contributed by atoms with Crippen molar-refractivity contribution in [3.8, 4) is 5.75 Å². The van der Waals surface area contributed by atoms with E-state index in [1.54, 1.807) is 0 Å². The Morgan fingerprint density at radius 3 is 2.57 bits per heavy atom. The number of hydrogen-bond donors (Lipinski definition) is 2. The molecule has 1 saturated heterocycles. The fourth-order valence-electron chi connectivity index (χ4n) is 2.01. The molecule has 0 saturated carbocycles. The molecule has 1 aliphatic rings. The molecule has 7 nitrogen and oxygen atoms in total. The van der Waals surface area contributed by atoms with Crippen LogP contribution in [0.2, 0.25) is 0 Å². The van der Waals surface area contributed by atoms with Gasteiger partial charge in [-0.2, -0.15) is 16.1 Å². The highest BCUT2D eigenvalue weighted by Gasteiger charge is 2.39. The molecule has 0 aromatic heterocycles. The highest BCUT2D eigenvalue weighted by atomic mass is 32.2. The van der Waals surface area contributed by atoms with E-state index in [0.29, 0.717) is 5.75 Å². The molecule has 1 unspecified atom stereocenters. The average molecular weight is 352 g/mol. The Morgan fingerprint density at radius 2 is 2.00 bits per heavy atom. The van der Waals surface area contributed by atoms with Crippen LogP contribution in [0.3, 0.4) is 0 Å². The predicted molar refractivity (Wildman–Crippen MR) is 82.4 cm³/mol. The molecule has 0 amide bonds. The van der Waals surface area contributed by atoms with Gasteiger partial charge in [-0.25, -0.2) is 16.8 Å². The fourth-order valence-corrected chi connectivity index (χ4v) is 7.21. The Kier molecular flexibility index (Phi) is 4.43. The van der Waals surface area contributed by atoms with Crippen LogP contribution < -0.4 is 5.73 Å². The lowest BCUT2D eigenvalue weighted by atomic mass is 10.3. The molecular formula is C11H16N2O5S3. The summed E-state index contributed by atoms with van der Waals surface area (Å²) in [5, 5.41) is 8.28. The highest BCUT2D eigenvalue weighted by molar-refractivity contribution is 8.01. The zero-order chi connectivity index (χ0) is 15.8. The Morgan fingerprint density at radius 1 is 1.33 bits per heavy atom. The number of hydrogen-bond acceptors (Lipinski definition) is 7. The average Bonchev–Trinajstić information content (AvgIpc) is 2.41. The van der Waals surface area contributed by atoms with E-state index in [4.69, 9.17) is 5.73 Å². The molecule has 1 aromatic rings. The zero-order valence-corrected chi connectivity index (χ0v) is 13.7. The summed E-state index contributed by atoms with van der Waals surface area (Å²) < 4.78 is 49.9. The number of sulfonamides is 1. The van der Waals surface area contributed by atoms with Crippen molar-refractivity contribution in [1.29, 1.82) is 0 Å². The van der Waals surface area contributed by atoms with Crippen molar-refractivity contribution < 1.29 is 21.9 Å². The maximum absolute atomic E-state index is 12.6. The topological polar surface area (TPSA) is 118 Å². The molecule has 10 heteroatoms. The molecule has 0 bridgehead atoms. The molecular weight excluding hydrogens is 336 g/mol. The normalized spacial score (nSPS) is 21.3. The van der Waals surface area contributed by atoms with Gasteiger partial charge >= 0.3 is 0 Å². The van der Waals surface area contributed by atoms with Crippen LogP contribution in [0.5, 0.6) is 5.75 Å². The second-order valence-corrected chi connectivity index (χ2v) is 9.94. The Bertz CT molecular complexity index is 745.